The summed E-state index contributed by atoms with van der Waals surface area (Å²) in [5.41, 5.74) is 3.27. The van der Waals surface area contributed by atoms with E-state index >= 15 is 0 Å². The number of aliphatic hydroxyl groups is 1. The molecule has 2 aliphatic rings. The van der Waals surface area contributed by atoms with E-state index in [1.54, 1.807) is 56.8 Å². The Morgan fingerprint density at radius 3 is 2.72 bits per heavy atom. The zero-order chi connectivity index (χ0) is 30.5. The van der Waals surface area contributed by atoms with Gasteiger partial charge in [0.15, 0.2) is 0 Å². The van der Waals surface area contributed by atoms with Gasteiger partial charge < -0.3 is 24.8 Å². The molecule has 2 aliphatic heterocycles. The average Bonchev–Trinajstić information content (AvgIpc) is 3.54. The third kappa shape index (κ3) is 5.63. The fraction of sp³-hybridized carbons (Fsp3) is 0.355. The number of anilines is 3. The average molecular weight is 589 g/mol. The quantitative estimate of drug-likeness (QED) is 0.340. The predicted molar refractivity (Wildman–Crippen MR) is 158 cm³/mol. The first-order valence-corrected chi connectivity index (χ1v) is 14.1. The van der Waals surface area contributed by atoms with Crippen molar-refractivity contribution in [3.05, 3.63) is 71.9 Å². The van der Waals surface area contributed by atoms with Gasteiger partial charge in [0.2, 0.25) is 0 Å². The molecular formula is C31H33FN6O5. The maximum atomic E-state index is 13.8. The number of amides is 2. The van der Waals surface area contributed by atoms with Gasteiger partial charge in [-0.15, -0.1) is 0 Å². The van der Waals surface area contributed by atoms with Crippen LogP contribution in [0.5, 0.6) is 0 Å². The number of halogens is 1. The molecule has 0 unspecified atom stereocenters. The first-order chi connectivity index (χ1) is 20.5. The van der Waals surface area contributed by atoms with Crippen molar-refractivity contribution in [2.45, 2.75) is 52.0 Å². The summed E-state index contributed by atoms with van der Waals surface area (Å²) < 4.78 is 26.8. The van der Waals surface area contributed by atoms with E-state index in [4.69, 9.17) is 9.47 Å². The smallest absolute Gasteiger partial charge is 0.417 e. The van der Waals surface area contributed by atoms with Crippen molar-refractivity contribution in [2.24, 2.45) is 0 Å². The van der Waals surface area contributed by atoms with Crippen LogP contribution in [0.2, 0.25) is 0 Å². The Morgan fingerprint density at radius 1 is 1.19 bits per heavy atom. The van der Waals surface area contributed by atoms with Crippen LogP contribution in [-0.2, 0) is 16.0 Å². The Hall–Kier alpha value is -4.55. The summed E-state index contributed by atoms with van der Waals surface area (Å²) >= 11 is 0. The molecule has 2 amide bonds. The number of hydrogen-bond donors (Lipinski definition) is 2. The van der Waals surface area contributed by atoms with Gasteiger partial charge in [-0.3, -0.25) is 9.20 Å². The molecule has 1 saturated heterocycles. The highest BCUT2D eigenvalue weighted by Gasteiger charge is 2.39. The summed E-state index contributed by atoms with van der Waals surface area (Å²) in [6.45, 7) is 8.66. The predicted octanol–water partition coefficient (Wildman–Crippen LogP) is 4.76. The highest BCUT2D eigenvalue weighted by molar-refractivity contribution is 6.11. The van der Waals surface area contributed by atoms with Crippen LogP contribution in [0.4, 0.5) is 26.4 Å². The minimum atomic E-state index is -0.789. The van der Waals surface area contributed by atoms with Crippen molar-refractivity contribution >= 4 is 34.8 Å². The highest BCUT2D eigenvalue weighted by Crippen LogP contribution is 2.39. The Morgan fingerprint density at radius 2 is 2.00 bits per heavy atom. The van der Waals surface area contributed by atoms with E-state index in [0.717, 1.165) is 10.6 Å². The molecule has 3 aromatic heterocycles. The normalized spacial score (nSPS) is 17.7. The molecule has 2 atom stereocenters. The number of aliphatic hydroxyl groups excluding tert-OH is 1. The number of fused-ring (bicyclic) bond motifs is 2. The zero-order valence-electron chi connectivity index (χ0n) is 24.4. The number of carbonyl (C=O) groups is 2. The summed E-state index contributed by atoms with van der Waals surface area (Å²) in [4.78, 5) is 38.9. The number of rotatable bonds is 5. The molecule has 0 saturated carbocycles. The van der Waals surface area contributed by atoms with Gasteiger partial charge in [-0.2, -0.15) is 0 Å². The van der Waals surface area contributed by atoms with E-state index in [2.05, 4.69) is 20.2 Å². The SMILES string of the molecule is C[C@@H](O)[C@@H]1CN(c2ccc(Nc3ccc(-c4cnc5cc(F)ccn45)c4c3C(=O)N(C(=O)OC(C)(C)C)C4)nc2)CCO1. The number of aromatic nitrogens is 3. The van der Waals surface area contributed by atoms with Crippen LogP contribution in [-0.4, -0.2) is 73.9 Å². The molecule has 1 fully saturated rings. The van der Waals surface area contributed by atoms with Crippen LogP contribution in [0.25, 0.3) is 16.9 Å². The lowest BCUT2D eigenvalue weighted by Crippen LogP contribution is -2.47. The molecule has 43 heavy (non-hydrogen) atoms. The molecule has 0 radical (unpaired) electrons. The van der Waals surface area contributed by atoms with Gasteiger partial charge in [-0.1, -0.05) is 6.07 Å². The van der Waals surface area contributed by atoms with Gasteiger partial charge in [0, 0.05) is 30.9 Å². The van der Waals surface area contributed by atoms with E-state index in [1.165, 1.54) is 12.1 Å². The number of carbonyl (C=O) groups excluding carboxylic acids is 2. The van der Waals surface area contributed by atoms with Crippen LogP contribution in [0.3, 0.4) is 0 Å². The monoisotopic (exact) mass is 588 g/mol. The van der Waals surface area contributed by atoms with Crippen LogP contribution in [0.15, 0.2) is 55.0 Å². The van der Waals surface area contributed by atoms with Crippen molar-refractivity contribution in [2.75, 3.05) is 29.9 Å². The molecule has 12 heteroatoms. The van der Waals surface area contributed by atoms with Crippen LogP contribution in [0, 0.1) is 5.82 Å². The fourth-order valence-corrected chi connectivity index (χ4v) is 5.37. The van der Waals surface area contributed by atoms with Crippen molar-refractivity contribution in [1.82, 2.24) is 19.3 Å². The second kappa shape index (κ2) is 10.9. The molecule has 11 nitrogen and oxygen atoms in total. The van der Waals surface area contributed by atoms with Gasteiger partial charge in [-0.05, 0) is 57.5 Å². The molecule has 5 heterocycles. The van der Waals surface area contributed by atoms with E-state index in [0.29, 0.717) is 59.2 Å². The summed E-state index contributed by atoms with van der Waals surface area (Å²) in [6, 6.07) is 10.0. The summed E-state index contributed by atoms with van der Waals surface area (Å²) in [5.74, 6) is -0.397. The summed E-state index contributed by atoms with van der Waals surface area (Å²) in [6.07, 6.45) is 3.33. The number of imide groups is 1. The molecule has 1 aromatic carbocycles. The first-order valence-electron chi connectivity index (χ1n) is 14.1. The Bertz CT molecular complexity index is 1700. The minimum absolute atomic E-state index is 0.00376. The molecule has 0 aliphatic carbocycles. The van der Waals surface area contributed by atoms with E-state index < -0.39 is 29.5 Å². The van der Waals surface area contributed by atoms with E-state index in [1.807, 2.05) is 18.2 Å². The lowest BCUT2D eigenvalue weighted by molar-refractivity contribution is -0.0364. The third-order valence-corrected chi connectivity index (χ3v) is 7.46. The highest BCUT2D eigenvalue weighted by atomic mass is 19.1. The topological polar surface area (TPSA) is 122 Å². The number of pyridine rings is 2. The zero-order valence-corrected chi connectivity index (χ0v) is 24.4. The van der Waals surface area contributed by atoms with Crippen molar-refractivity contribution in [3.63, 3.8) is 0 Å². The van der Waals surface area contributed by atoms with E-state index in [-0.39, 0.29) is 12.6 Å². The molecule has 0 spiro atoms. The summed E-state index contributed by atoms with van der Waals surface area (Å²) in [7, 11) is 0. The number of nitrogens with one attached hydrogen (secondary N) is 1. The minimum Gasteiger partial charge on any atom is -0.443 e. The van der Waals surface area contributed by atoms with Crippen molar-refractivity contribution in [3.8, 4) is 11.3 Å². The number of ether oxygens (including phenoxy) is 2. The standard InChI is InChI=1S/C31H33FN6O5/c1-18(39)25-17-36(11-12-42-25)20-5-8-26(33-14-20)35-23-7-6-21(24-15-34-27-13-19(32)9-10-37(24)27)22-16-38(29(40)28(22)23)30(41)43-31(2,3)4/h5-10,13-15,18,25,39H,11-12,16-17H2,1-4H3,(H,33,35)/t18-,25+/m1/s1. The second-order valence-corrected chi connectivity index (χ2v) is 11.7. The fourth-order valence-electron chi connectivity index (χ4n) is 5.37. The van der Waals surface area contributed by atoms with Gasteiger partial charge in [0.05, 0.1) is 54.3 Å². The largest absolute Gasteiger partial charge is 0.443 e. The lowest BCUT2D eigenvalue weighted by Gasteiger charge is -2.35. The Kier molecular flexibility index (Phi) is 7.26. The van der Waals surface area contributed by atoms with Crippen molar-refractivity contribution in [1.29, 1.82) is 0 Å². The van der Waals surface area contributed by atoms with Gasteiger partial charge >= 0.3 is 6.09 Å². The second-order valence-electron chi connectivity index (χ2n) is 11.7. The Labute approximate surface area is 247 Å². The van der Waals surface area contributed by atoms with Crippen LogP contribution < -0.4 is 10.2 Å². The molecule has 2 N–H and O–H groups in total. The third-order valence-electron chi connectivity index (χ3n) is 7.46. The number of nitrogens with zero attached hydrogens (tertiary/aromatic N) is 5. The lowest BCUT2D eigenvalue weighted by atomic mass is 9.99. The van der Waals surface area contributed by atoms with Crippen LogP contribution in [0.1, 0.15) is 43.6 Å². The molecule has 6 rings (SSSR count). The number of morpholine rings is 1. The number of benzene rings is 1. The molecule has 4 aromatic rings. The van der Waals surface area contributed by atoms with Crippen molar-refractivity contribution < 1.29 is 28.6 Å². The maximum Gasteiger partial charge on any atom is 0.417 e. The maximum absolute atomic E-state index is 13.8. The number of imidazole rings is 1. The molecule has 0 bridgehead atoms. The first kappa shape index (κ1) is 28.6. The van der Waals surface area contributed by atoms with Gasteiger partial charge in [0.1, 0.15) is 29.0 Å². The molecular weight excluding hydrogens is 555 g/mol. The van der Waals surface area contributed by atoms with Gasteiger partial charge in [-0.25, -0.2) is 24.1 Å². The Balaban J connectivity index is 1.34. The number of hydrogen-bond acceptors (Lipinski definition) is 9. The summed E-state index contributed by atoms with van der Waals surface area (Å²) in [5, 5.41) is 13.2. The molecule has 224 valence electrons. The van der Waals surface area contributed by atoms with Crippen LogP contribution >= 0.6 is 0 Å². The van der Waals surface area contributed by atoms with E-state index in [9.17, 15) is 19.1 Å². The van der Waals surface area contributed by atoms with Gasteiger partial charge in [0.25, 0.3) is 5.91 Å².